The third-order valence-corrected chi connectivity index (χ3v) is 15.9. The number of piperidine rings is 1. The van der Waals surface area contributed by atoms with Gasteiger partial charge < -0.3 is 52.4 Å². The standard InChI is InChI=1S/C66H126N2O13/c1-8-14-21-30-58(31-22-15-9-2)39-46-79-64(70)35-26-19-28-44-77-61(34-25-18-12-5)62(78-45-29-20-27-36-65(71)80-47-40-59(32-23-16-10-3)33-24-17-11-4)57-68(63(69)13-6)43-48-73-49-50-74-51-52-75-53-54-76-55-56-81-66(72)60-37-41-67(7)42-38-60/h58-62H,8-57H2,1-7H3. The molecule has 0 radical (unpaired) electrons. The average Bonchev–Trinajstić information content (AvgIpc) is 3.46. The van der Waals surface area contributed by atoms with Crippen molar-refractivity contribution in [2.75, 3.05) is 119 Å². The third-order valence-electron chi connectivity index (χ3n) is 15.9. The van der Waals surface area contributed by atoms with E-state index in [9.17, 15) is 19.2 Å². The molecule has 1 amide bonds. The van der Waals surface area contributed by atoms with E-state index in [-0.39, 0.29) is 48.5 Å². The second-order valence-corrected chi connectivity index (χ2v) is 23.1. The van der Waals surface area contributed by atoms with Crippen LogP contribution in [0.25, 0.3) is 0 Å². The molecule has 0 aliphatic carbocycles. The first-order chi connectivity index (χ1) is 39.6. The molecule has 1 fully saturated rings. The van der Waals surface area contributed by atoms with Crippen molar-refractivity contribution >= 4 is 23.8 Å². The fourth-order valence-electron chi connectivity index (χ4n) is 10.5. The average molecular weight is 1160 g/mol. The summed E-state index contributed by atoms with van der Waals surface area (Å²) in [6.45, 7) is 21.2. The summed E-state index contributed by atoms with van der Waals surface area (Å²) in [5.41, 5.74) is 0. The van der Waals surface area contributed by atoms with Gasteiger partial charge in [0.2, 0.25) is 5.91 Å². The molecule has 0 aromatic heterocycles. The van der Waals surface area contributed by atoms with Gasteiger partial charge in [-0.15, -0.1) is 0 Å². The summed E-state index contributed by atoms with van der Waals surface area (Å²) < 4.78 is 53.2. The van der Waals surface area contributed by atoms with Gasteiger partial charge >= 0.3 is 17.9 Å². The van der Waals surface area contributed by atoms with Crippen LogP contribution in [-0.4, -0.2) is 165 Å². The lowest BCUT2D eigenvalue weighted by Crippen LogP contribution is -2.46. The lowest BCUT2D eigenvalue weighted by atomic mass is 9.92. The Balaban J connectivity index is 2.72. The summed E-state index contributed by atoms with van der Waals surface area (Å²) in [5.74, 6) is 0.968. The quantitative estimate of drug-likeness (QED) is 0.0322. The summed E-state index contributed by atoms with van der Waals surface area (Å²) in [7, 11) is 2.07. The van der Waals surface area contributed by atoms with Crippen molar-refractivity contribution in [3.05, 3.63) is 0 Å². The summed E-state index contributed by atoms with van der Waals surface area (Å²) >= 11 is 0. The van der Waals surface area contributed by atoms with E-state index in [4.69, 9.17) is 42.6 Å². The van der Waals surface area contributed by atoms with Gasteiger partial charge in [0.25, 0.3) is 0 Å². The molecule has 1 saturated heterocycles. The van der Waals surface area contributed by atoms with Crippen molar-refractivity contribution in [1.29, 1.82) is 0 Å². The number of ether oxygens (including phenoxy) is 9. The minimum Gasteiger partial charge on any atom is -0.466 e. The monoisotopic (exact) mass is 1150 g/mol. The second-order valence-electron chi connectivity index (χ2n) is 23.1. The number of likely N-dealkylation sites (tertiary alicyclic amines) is 1. The number of rotatable bonds is 60. The summed E-state index contributed by atoms with van der Waals surface area (Å²) in [5, 5.41) is 0. The van der Waals surface area contributed by atoms with Gasteiger partial charge in [-0.25, -0.2) is 0 Å². The summed E-state index contributed by atoms with van der Waals surface area (Å²) in [6, 6.07) is 0. The normalized spacial score (nSPS) is 14.0. The third kappa shape index (κ3) is 45.6. The molecule has 1 aliphatic rings. The fraction of sp³-hybridized carbons (Fsp3) is 0.939. The maximum Gasteiger partial charge on any atom is 0.309 e. The van der Waals surface area contributed by atoms with Crippen LogP contribution in [0.15, 0.2) is 0 Å². The molecule has 15 heteroatoms. The van der Waals surface area contributed by atoms with E-state index in [1.165, 1.54) is 103 Å². The molecular weight excluding hydrogens is 1030 g/mol. The van der Waals surface area contributed by atoms with E-state index in [1.54, 1.807) is 0 Å². The number of carbonyl (C=O) groups is 4. The van der Waals surface area contributed by atoms with Crippen LogP contribution in [0, 0.1) is 17.8 Å². The summed E-state index contributed by atoms with van der Waals surface area (Å²) in [6.07, 6.45) is 33.0. The Morgan fingerprint density at radius 1 is 0.420 bits per heavy atom. The fourth-order valence-corrected chi connectivity index (χ4v) is 10.5. The predicted molar refractivity (Wildman–Crippen MR) is 327 cm³/mol. The Labute approximate surface area is 496 Å². The SMILES string of the molecule is CCCCCC(CCCCC)CCOC(=O)CCCCCOC(CCCCC)C(CN(CCOCCOCCOCCOCCOC(=O)C1CCN(C)CC1)C(=O)CC)OCCCCCC(=O)OCCC(CCCCC)CCCCC. The molecule has 0 bridgehead atoms. The van der Waals surface area contributed by atoms with Crippen LogP contribution in [0.4, 0.5) is 0 Å². The molecule has 1 heterocycles. The van der Waals surface area contributed by atoms with Crippen LogP contribution in [0.1, 0.15) is 253 Å². The van der Waals surface area contributed by atoms with Crippen LogP contribution in [-0.2, 0) is 61.8 Å². The van der Waals surface area contributed by atoms with Crippen LogP contribution in [0.5, 0.6) is 0 Å². The second kappa shape index (κ2) is 56.7. The number of hydrogen-bond acceptors (Lipinski definition) is 14. The van der Waals surface area contributed by atoms with Crippen LogP contribution in [0.3, 0.4) is 0 Å². The van der Waals surface area contributed by atoms with E-state index < -0.39 is 0 Å². The first-order valence-electron chi connectivity index (χ1n) is 33.6. The van der Waals surface area contributed by atoms with Crippen molar-refractivity contribution in [2.24, 2.45) is 17.8 Å². The molecule has 1 aliphatic heterocycles. The zero-order chi connectivity index (χ0) is 59.1. The summed E-state index contributed by atoms with van der Waals surface area (Å²) in [4.78, 5) is 55.4. The molecule has 478 valence electrons. The van der Waals surface area contributed by atoms with Gasteiger partial charge in [-0.3, -0.25) is 19.2 Å². The first kappa shape index (κ1) is 76.6. The molecule has 1 rings (SSSR count). The van der Waals surface area contributed by atoms with Crippen LogP contribution >= 0.6 is 0 Å². The highest BCUT2D eigenvalue weighted by Crippen LogP contribution is 2.24. The van der Waals surface area contributed by atoms with Gasteiger partial charge in [0.05, 0.1) is 78.1 Å². The Kier molecular flexibility index (Phi) is 53.6. The minimum absolute atomic E-state index is 0.00907. The molecule has 2 atom stereocenters. The van der Waals surface area contributed by atoms with E-state index in [1.807, 2.05) is 11.8 Å². The van der Waals surface area contributed by atoms with Gasteiger partial charge in [0.1, 0.15) is 12.7 Å². The van der Waals surface area contributed by atoms with Crippen molar-refractivity contribution in [1.82, 2.24) is 9.80 Å². The van der Waals surface area contributed by atoms with Gasteiger partial charge in [0.15, 0.2) is 0 Å². The zero-order valence-corrected chi connectivity index (χ0v) is 53.4. The number of nitrogens with zero attached hydrogens (tertiary/aromatic N) is 2. The number of esters is 3. The number of carbonyl (C=O) groups excluding carboxylic acids is 4. The van der Waals surface area contributed by atoms with E-state index in [0.717, 1.165) is 103 Å². The maximum absolute atomic E-state index is 13.5. The molecule has 81 heavy (non-hydrogen) atoms. The molecular formula is C66H126N2O13. The topological polar surface area (TPSA) is 158 Å². The van der Waals surface area contributed by atoms with Crippen LogP contribution < -0.4 is 0 Å². The Bertz CT molecular complexity index is 1410. The smallest absolute Gasteiger partial charge is 0.309 e. The number of hydrogen-bond donors (Lipinski definition) is 0. The van der Waals surface area contributed by atoms with Gasteiger partial charge in [-0.1, -0.05) is 176 Å². The van der Waals surface area contributed by atoms with Gasteiger partial charge in [0, 0.05) is 45.6 Å². The number of amides is 1. The highest BCUT2D eigenvalue weighted by atomic mass is 16.6. The minimum atomic E-state index is -0.340. The highest BCUT2D eigenvalue weighted by Gasteiger charge is 2.28. The lowest BCUT2D eigenvalue weighted by Gasteiger charge is -2.33. The van der Waals surface area contributed by atoms with Crippen molar-refractivity contribution in [3.8, 4) is 0 Å². The van der Waals surface area contributed by atoms with E-state index in [0.29, 0.717) is 123 Å². The lowest BCUT2D eigenvalue weighted by molar-refractivity contribution is -0.152. The molecule has 0 N–H and O–H groups in total. The van der Waals surface area contributed by atoms with E-state index in [2.05, 4.69) is 46.6 Å². The zero-order valence-electron chi connectivity index (χ0n) is 53.4. The van der Waals surface area contributed by atoms with Crippen molar-refractivity contribution in [3.63, 3.8) is 0 Å². The Hall–Kier alpha value is -2.40. The molecule has 0 aromatic carbocycles. The first-order valence-corrected chi connectivity index (χ1v) is 33.6. The molecule has 15 nitrogen and oxygen atoms in total. The van der Waals surface area contributed by atoms with Gasteiger partial charge in [-0.05, 0) is 89.8 Å². The van der Waals surface area contributed by atoms with Crippen LogP contribution in [0.2, 0.25) is 0 Å². The molecule has 0 spiro atoms. The molecule has 0 saturated carbocycles. The largest absolute Gasteiger partial charge is 0.466 e. The predicted octanol–water partition coefficient (Wildman–Crippen LogP) is 14.1. The van der Waals surface area contributed by atoms with Gasteiger partial charge in [-0.2, -0.15) is 0 Å². The Morgan fingerprint density at radius 3 is 1.26 bits per heavy atom. The highest BCUT2D eigenvalue weighted by molar-refractivity contribution is 5.75. The number of unbranched alkanes of at least 4 members (excludes halogenated alkanes) is 14. The Morgan fingerprint density at radius 2 is 0.827 bits per heavy atom. The molecule has 0 aromatic rings. The van der Waals surface area contributed by atoms with Crippen molar-refractivity contribution < 1.29 is 61.8 Å². The van der Waals surface area contributed by atoms with E-state index >= 15 is 0 Å². The molecule has 2 unspecified atom stereocenters. The van der Waals surface area contributed by atoms with Crippen molar-refractivity contribution in [2.45, 2.75) is 266 Å². The maximum atomic E-state index is 13.5.